The number of carbonyl (C=O) groups is 2. The van der Waals surface area contributed by atoms with E-state index in [2.05, 4.69) is 25.2 Å². The maximum absolute atomic E-state index is 12.3. The topological polar surface area (TPSA) is 34.1 Å². The summed E-state index contributed by atoms with van der Waals surface area (Å²) in [6.07, 6.45) is 5.02. The highest BCUT2D eigenvalue weighted by Crippen LogP contribution is 2.11. The largest absolute Gasteiger partial charge is 0.305 e. The van der Waals surface area contributed by atoms with E-state index in [1.54, 1.807) is 0 Å². The maximum atomic E-state index is 12.3. The quantitative estimate of drug-likeness (QED) is 0.410. The van der Waals surface area contributed by atoms with E-state index in [-0.39, 0.29) is 0 Å². The summed E-state index contributed by atoms with van der Waals surface area (Å²) in [6, 6.07) is 10.1. The lowest BCUT2D eigenvalue weighted by atomic mass is 10.2. The molecule has 0 aliphatic heterocycles. The Kier molecular flexibility index (Phi) is 5.99. The minimum atomic E-state index is -1.96. The van der Waals surface area contributed by atoms with Gasteiger partial charge < -0.3 is 9.59 Å². The Bertz CT molecular complexity index is 385. The van der Waals surface area contributed by atoms with Crippen LogP contribution in [0.3, 0.4) is 0 Å². The van der Waals surface area contributed by atoms with Crippen LogP contribution in [0.4, 0.5) is 0 Å². The van der Waals surface area contributed by atoms with Crippen molar-refractivity contribution in [3.05, 3.63) is 30.3 Å². The standard InChI is InChI=1S/C15H22O2Si/c1-18(2,14-10-6-5-7-11-14)15(17)12-8-3-4-9-13-16/h5-7,10-11,13H,3-4,8-9,12H2,1-2H3. The lowest BCUT2D eigenvalue weighted by Crippen LogP contribution is -2.49. The molecule has 0 unspecified atom stereocenters. The molecule has 0 aliphatic rings. The smallest absolute Gasteiger partial charge is 0.157 e. The van der Waals surface area contributed by atoms with E-state index in [0.29, 0.717) is 18.2 Å². The molecule has 1 rings (SSSR count). The van der Waals surface area contributed by atoms with Crippen LogP contribution in [-0.4, -0.2) is 19.8 Å². The van der Waals surface area contributed by atoms with Gasteiger partial charge in [-0.25, -0.2) is 0 Å². The highest BCUT2D eigenvalue weighted by molar-refractivity contribution is 7.13. The second-order valence-electron chi connectivity index (χ2n) is 5.18. The molecule has 0 fully saturated rings. The van der Waals surface area contributed by atoms with E-state index >= 15 is 0 Å². The van der Waals surface area contributed by atoms with Gasteiger partial charge >= 0.3 is 0 Å². The van der Waals surface area contributed by atoms with E-state index in [1.165, 1.54) is 5.19 Å². The number of hydrogen-bond donors (Lipinski definition) is 0. The van der Waals surface area contributed by atoms with Gasteiger partial charge in [-0.2, -0.15) is 0 Å². The Morgan fingerprint density at radius 3 is 2.39 bits per heavy atom. The molecule has 0 saturated carbocycles. The summed E-state index contributed by atoms with van der Waals surface area (Å²) in [4.78, 5) is 22.5. The molecule has 0 bridgehead atoms. The highest BCUT2D eigenvalue weighted by atomic mass is 28.3. The maximum Gasteiger partial charge on any atom is 0.157 e. The normalized spacial score (nSPS) is 11.2. The summed E-state index contributed by atoms with van der Waals surface area (Å²) in [7, 11) is -1.96. The minimum absolute atomic E-state index is 0.416. The van der Waals surface area contributed by atoms with Gasteiger partial charge in [0, 0.05) is 12.8 Å². The third-order valence-corrected chi connectivity index (χ3v) is 6.84. The van der Waals surface area contributed by atoms with Crippen molar-refractivity contribution in [1.82, 2.24) is 0 Å². The molecule has 0 radical (unpaired) electrons. The fraction of sp³-hybridized carbons (Fsp3) is 0.467. The van der Waals surface area contributed by atoms with Crippen molar-refractivity contribution in [2.75, 3.05) is 0 Å². The molecule has 0 spiro atoms. The average molecular weight is 262 g/mol. The monoisotopic (exact) mass is 262 g/mol. The van der Waals surface area contributed by atoms with Gasteiger partial charge in [0.2, 0.25) is 0 Å². The van der Waals surface area contributed by atoms with Gasteiger partial charge in [0.25, 0.3) is 0 Å². The summed E-state index contributed by atoms with van der Waals surface area (Å²) in [5, 5.41) is 1.63. The molecule has 0 N–H and O–H groups in total. The summed E-state index contributed by atoms with van der Waals surface area (Å²) >= 11 is 0. The van der Waals surface area contributed by atoms with Crippen LogP contribution in [0, 0.1) is 0 Å². The Balaban J connectivity index is 2.47. The van der Waals surface area contributed by atoms with E-state index in [1.807, 2.05) is 18.2 Å². The molecule has 0 aliphatic carbocycles. The van der Waals surface area contributed by atoms with E-state index < -0.39 is 8.07 Å². The molecule has 0 saturated heterocycles. The summed E-state index contributed by atoms with van der Waals surface area (Å²) < 4.78 is 0. The molecule has 0 heterocycles. The Labute approximate surface area is 110 Å². The summed E-state index contributed by atoms with van der Waals surface area (Å²) in [5.74, 6) is 0. The number of aldehydes is 1. The zero-order valence-corrected chi connectivity index (χ0v) is 12.3. The lowest BCUT2D eigenvalue weighted by molar-refractivity contribution is -0.112. The molecule has 18 heavy (non-hydrogen) atoms. The molecule has 1 aromatic carbocycles. The third-order valence-electron chi connectivity index (χ3n) is 3.42. The first kappa shape index (κ1) is 14.8. The molecule has 98 valence electrons. The van der Waals surface area contributed by atoms with Crippen LogP contribution < -0.4 is 5.19 Å². The van der Waals surface area contributed by atoms with Crippen molar-refractivity contribution in [3.8, 4) is 0 Å². The fourth-order valence-electron chi connectivity index (χ4n) is 2.02. The van der Waals surface area contributed by atoms with Crippen molar-refractivity contribution < 1.29 is 9.59 Å². The van der Waals surface area contributed by atoms with Crippen LogP contribution in [-0.2, 0) is 9.59 Å². The first-order valence-electron chi connectivity index (χ1n) is 6.61. The van der Waals surface area contributed by atoms with E-state index in [0.717, 1.165) is 25.5 Å². The minimum Gasteiger partial charge on any atom is -0.305 e. The molecule has 1 aromatic rings. The molecule has 3 heteroatoms. The Morgan fingerprint density at radius 1 is 1.11 bits per heavy atom. The van der Waals surface area contributed by atoms with Crippen LogP contribution in [0.1, 0.15) is 32.1 Å². The Hall–Kier alpha value is -1.22. The number of hydrogen-bond acceptors (Lipinski definition) is 2. The SMILES string of the molecule is C[Si](C)(C(=O)CCCCCC=O)c1ccccc1. The van der Waals surface area contributed by atoms with Crippen molar-refractivity contribution >= 4 is 25.0 Å². The molecular formula is C15H22O2Si. The van der Waals surface area contributed by atoms with E-state index in [9.17, 15) is 9.59 Å². The van der Waals surface area contributed by atoms with Gasteiger partial charge in [0.05, 0.1) is 0 Å². The summed E-state index contributed by atoms with van der Waals surface area (Å²) in [6.45, 7) is 4.24. The van der Waals surface area contributed by atoms with E-state index in [4.69, 9.17) is 0 Å². The number of benzene rings is 1. The van der Waals surface area contributed by atoms with Gasteiger partial charge in [-0.3, -0.25) is 0 Å². The van der Waals surface area contributed by atoms with Gasteiger partial charge in [-0.15, -0.1) is 0 Å². The zero-order chi connectivity index (χ0) is 13.4. The molecule has 0 amide bonds. The average Bonchev–Trinajstić information content (AvgIpc) is 2.39. The van der Waals surface area contributed by atoms with Crippen LogP contribution >= 0.6 is 0 Å². The first-order valence-corrected chi connectivity index (χ1v) is 9.61. The number of carbonyl (C=O) groups excluding carboxylic acids is 2. The predicted molar refractivity (Wildman–Crippen MR) is 77.7 cm³/mol. The van der Waals surface area contributed by atoms with Crippen LogP contribution in [0.25, 0.3) is 0 Å². The third kappa shape index (κ3) is 4.22. The molecule has 2 nitrogen and oxygen atoms in total. The first-order chi connectivity index (χ1) is 8.59. The predicted octanol–water partition coefficient (Wildman–Crippen LogP) is 2.86. The highest BCUT2D eigenvalue weighted by Gasteiger charge is 2.31. The van der Waals surface area contributed by atoms with Crippen LogP contribution in [0.5, 0.6) is 0 Å². The van der Waals surface area contributed by atoms with Crippen molar-refractivity contribution in [3.63, 3.8) is 0 Å². The van der Waals surface area contributed by atoms with Gasteiger partial charge in [-0.05, 0) is 12.8 Å². The molecule has 0 aromatic heterocycles. The van der Waals surface area contributed by atoms with Crippen LogP contribution in [0.2, 0.25) is 13.1 Å². The number of unbranched alkanes of at least 4 members (excludes halogenated alkanes) is 3. The van der Waals surface area contributed by atoms with Crippen molar-refractivity contribution in [2.45, 2.75) is 45.2 Å². The van der Waals surface area contributed by atoms with Gasteiger partial charge in [-0.1, -0.05) is 55.0 Å². The van der Waals surface area contributed by atoms with Crippen LogP contribution in [0.15, 0.2) is 30.3 Å². The van der Waals surface area contributed by atoms with Gasteiger partial charge in [0.1, 0.15) is 11.7 Å². The Morgan fingerprint density at radius 2 is 1.78 bits per heavy atom. The zero-order valence-electron chi connectivity index (χ0n) is 11.3. The second-order valence-corrected chi connectivity index (χ2v) is 9.57. The fourth-order valence-corrected chi connectivity index (χ4v) is 4.17. The summed E-state index contributed by atoms with van der Waals surface area (Å²) in [5.41, 5.74) is 0. The second kappa shape index (κ2) is 7.26. The van der Waals surface area contributed by atoms with Crippen molar-refractivity contribution in [2.24, 2.45) is 0 Å². The van der Waals surface area contributed by atoms with Crippen molar-refractivity contribution in [1.29, 1.82) is 0 Å². The van der Waals surface area contributed by atoms with Gasteiger partial charge in [0.15, 0.2) is 8.07 Å². The lowest BCUT2D eigenvalue weighted by Gasteiger charge is -2.21. The molecule has 0 atom stereocenters. The number of rotatable bonds is 8. The molecular weight excluding hydrogens is 240 g/mol.